The third-order valence-electron chi connectivity index (χ3n) is 3.10. The Kier molecular flexibility index (Phi) is 4.97. The van der Waals surface area contributed by atoms with Crippen LogP contribution in [0.4, 0.5) is 0 Å². The first-order chi connectivity index (χ1) is 8.01. The van der Waals surface area contributed by atoms with Gasteiger partial charge in [0.15, 0.2) is 0 Å². The number of aryl methyl sites for hydroxylation is 1. The minimum Gasteiger partial charge on any atom is -0.496 e. The van der Waals surface area contributed by atoms with Gasteiger partial charge in [0.25, 0.3) is 0 Å². The summed E-state index contributed by atoms with van der Waals surface area (Å²) in [6, 6.07) is 5.89. The van der Waals surface area contributed by atoms with E-state index < -0.39 is 6.10 Å². The number of likely N-dealkylation sites (N-methyl/N-ethyl adjacent to an activating group) is 1. The maximum atomic E-state index is 10.4. The van der Waals surface area contributed by atoms with Crippen molar-refractivity contribution in [1.29, 1.82) is 0 Å². The van der Waals surface area contributed by atoms with Crippen molar-refractivity contribution in [2.75, 3.05) is 14.2 Å². The van der Waals surface area contributed by atoms with Gasteiger partial charge in [0, 0.05) is 11.6 Å². The predicted octanol–water partition coefficient (Wildman–Crippen LogP) is 2.28. The fourth-order valence-corrected chi connectivity index (χ4v) is 2.13. The lowest BCUT2D eigenvalue weighted by Gasteiger charge is -2.27. The van der Waals surface area contributed by atoms with Crippen molar-refractivity contribution >= 4 is 0 Å². The summed E-state index contributed by atoms with van der Waals surface area (Å²) in [6.07, 6.45) is -0.560. The van der Waals surface area contributed by atoms with Gasteiger partial charge in [0.05, 0.1) is 13.2 Å². The first-order valence-electron chi connectivity index (χ1n) is 6.01. The molecule has 0 aliphatic carbocycles. The Morgan fingerprint density at radius 1 is 1.29 bits per heavy atom. The number of hydrogen-bond acceptors (Lipinski definition) is 3. The molecule has 17 heavy (non-hydrogen) atoms. The first kappa shape index (κ1) is 14.0. The number of methoxy groups -OCH3 is 1. The lowest BCUT2D eigenvalue weighted by molar-refractivity contribution is 0.107. The van der Waals surface area contributed by atoms with Crippen LogP contribution in [0.25, 0.3) is 0 Å². The van der Waals surface area contributed by atoms with E-state index in [-0.39, 0.29) is 6.04 Å². The molecule has 96 valence electrons. The molecule has 2 unspecified atom stereocenters. The van der Waals surface area contributed by atoms with Crippen LogP contribution in [0.3, 0.4) is 0 Å². The smallest absolute Gasteiger partial charge is 0.124 e. The molecule has 3 heteroatoms. The summed E-state index contributed by atoms with van der Waals surface area (Å²) < 4.78 is 5.31. The van der Waals surface area contributed by atoms with Crippen LogP contribution in [0.15, 0.2) is 18.2 Å². The highest BCUT2D eigenvalue weighted by molar-refractivity contribution is 5.39. The van der Waals surface area contributed by atoms with E-state index in [0.717, 1.165) is 16.9 Å². The zero-order valence-electron chi connectivity index (χ0n) is 11.3. The number of ether oxygens (including phenoxy) is 1. The number of aliphatic hydroxyl groups excluding tert-OH is 1. The van der Waals surface area contributed by atoms with Gasteiger partial charge in [-0.15, -0.1) is 0 Å². The molecular weight excluding hydrogens is 214 g/mol. The predicted molar refractivity (Wildman–Crippen MR) is 70.4 cm³/mol. The molecule has 1 rings (SSSR count). The average Bonchev–Trinajstić information content (AvgIpc) is 2.29. The van der Waals surface area contributed by atoms with E-state index in [0.29, 0.717) is 5.92 Å². The van der Waals surface area contributed by atoms with Crippen molar-refractivity contribution in [2.45, 2.75) is 32.9 Å². The van der Waals surface area contributed by atoms with Gasteiger partial charge < -0.3 is 15.2 Å². The van der Waals surface area contributed by atoms with Crippen molar-refractivity contribution < 1.29 is 9.84 Å². The van der Waals surface area contributed by atoms with Gasteiger partial charge in [-0.1, -0.05) is 25.5 Å². The molecule has 1 aromatic carbocycles. The van der Waals surface area contributed by atoms with Crippen molar-refractivity contribution in [3.63, 3.8) is 0 Å². The normalized spacial score (nSPS) is 14.8. The van der Waals surface area contributed by atoms with Crippen molar-refractivity contribution in [2.24, 2.45) is 5.92 Å². The molecule has 2 N–H and O–H groups in total. The zero-order valence-corrected chi connectivity index (χ0v) is 11.3. The number of nitrogens with one attached hydrogen (secondary N) is 1. The molecule has 0 aliphatic rings. The van der Waals surface area contributed by atoms with Crippen LogP contribution in [-0.4, -0.2) is 25.3 Å². The summed E-state index contributed by atoms with van der Waals surface area (Å²) in [5.74, 6) is 1.09. The Morgan fingerprint density at radius 3 is 2.41 bits per heavy atom. The topological polar surface area (TPSA) is 41.5 Å². The second kappa shape index (κ2) is 6.03. The second-order valence-electron chi connectivity index (χ2n) is 4.75. The van der Waals surface area contributed by atoms with Crippen molar-refractivity contribution in [3.8, 4) is 5.75 Å². The van der Waals surface area contributed by atoms with Gasteiger partial charge in [-0.05, 0) is 32.0 Å². The number of aliphatic hydroxyl groups is 1. The summed E-state index contributed by atoms with van der Waals surface area (Å²) in [5, 5.41) is 13.6. The fraction of sp³-hybridized carbons (Fsp3) is 0.571. The largest absolute Gasteiger partial charge is 0.496 e. The maximum Gasteiger partial charge on any atom is 0.124 e. The summed E-state index contributed by atoms with van der Waals surface area (Å²) in [5.41, 5.74) is 1.97. The summed E-state index contributed by atoms with van der Waals surface area (Å²) in [4.78, 5) is 0. The van der Waals surface area contributed by atoms with Crippen molar-refractivity contribution in [3.05, 3.63) is 29.3 Å². The molecule has 0 radical (unpaired) electrons. The Labute approximate surface area is 104 Å². The highest BCUT2D eigenvalue weighted by Gasteiger charge is 2.25. The maximum absolute atomic E-state index is 10.4. The molecule has 0 aliphatic heterocycles. The number of hydrogen-bond donors (Lipinski definition) is 2. The van der Waals surface area contributed by atoms with Crippen LogP contribution in [-0.2, 0) is 0 Å². The van der Waals surface area contributed by atoms with Gasteiger partial charge in [-0.3, -0.25) is 0 Å². The lowest BCUT2D eigenvalue weighted by Crippen LogP contribution is -2.36. The molecule has 0 saturated carbocycles. The molecule has 2 atom stereocenters. The van der Waals surface area contributed by atoms with E-state index in [1.165, 1.54) is 0 Å². The Balaban J connectivity index is 3.08. The summed E-state index contributed by atoms with van der Waals surface area (Å²) in [6.45, 7) is 6.19. The Bertz CT molecular complexity index is 363. The number of benzene rings is 1. The van der Waals surface area contributed by atoms with E-state index in [1.807, 2.05) is 32.2 Å². The highest BCUT2D eigenvalue weighted by atomic mass is 16.5. The Morgan fingerprint density at radius 2 is 1.94 bits per heavy atom. The monoisotopic (exact) mass is 237 g/mol. The summed E-state index contributed by atoms with van der Waals surface area (Å²) in [7, 11) is 3.50. The van der Waals surface area contributed by atoms with Gasteiger partial charge in [-0.25, -0.2) is 0 Å². The van der Waals surface area contributed by atoms with Crippen LogP contribution in [0, 0.1) is 12.8 Å². The minimum absolute atomic E-state index is 0.0192. The molecule has 0 fully saturated rings. The van der Waals surface area contributed by atoms with E-state index in [1.54, 1.807) is 7.11 Å². The SMILES string of the molecule is CNC(C(C)C)C(O)c1cc(C)ccc1OC. The van der Waals surface area contributed by atoms with E-state index in [4.69, 9.17) is 4.74 Å². The van der Waals surface area contributed by atoms with Crippen LogP contribution >= 0.6 is 0 Å². The quantitative estimate of drug-likeness (QED) is 0.825. The number of rotatable bonds is 5. The van der Waals surface area contributed by atoms with Gasteiger partial charge in [0.2, 0.25) is 0 Å². The third-order valence-corrected chi connectivity index (χ3v) is 3.10. The molecule has 0 saturated heterocycles. The van der Waals surface area contributed by atoms with Gasteiger partial charge in [0.1, 0.15) is 5.75 Å². The van der Waals surface area contributed by atoms with E-state index >= 15 is 0 Å². The molecule has 0 bridgehead atoms. The van der Waals surface area contributed by atoms with Gasteiger partial charge in [-0.2, -0.15) is 0 Å². The highest BCUT2D eigenvalue weighted by Crippen LogP contribution is 2.30. The molecule has 0 heterocycles. The standard InChI is InChI=1S/C14H23NO2/c1-9(2)13(15-4)14(16)11-8-10(3)6-7-12(11)17-5/h6-9,13-16H,1-5H3. The molecule has 1 aromatic rings. The average molecular weight is 237 g/mol. The summed E-state index contributed by atoms with van der Waals surface area (Å²) >= 11 is 0. The molecule has 3 nitrogen and oxygen atoms in total. The van der Waals surface area contributed by atoms with Crippen LogP contribution in [0.2, 0.25) is 0 Å². The molecular formula is C14H23NO2. The van der Waals surface area contributed by atoms with Crippen LogP contribution in [0.5, 0.6) is 5.75 Å². The fourth-order valence-electron chi connectivity index (χ4n) is 2.13. The van der Waals surface area contributed by atoms with Gasteiger partial charge >= 0.3 is 0 Å². The lowest BCUT2D eigenvalue weighted by atomic mass is 9.92. The third kappa shape index (κ3) is 3.20. The first-order valence-corrected chi connectivity index (χ1v) is 6.01. The zero-order chi connectivity index (χ0) is 13.0. The molecule has 0 spiro atoms. The van der Waals surface area contributed by atoms with Crippen LogP contribution in [0.1, 0.15) is 31.1 Å². The molecule has 0 aromatic heterocycles. The second-order valence-corrected chi connectivity index (χ2v) is 4.75. The van der Waals surface area contributed by atoms with Crippen molar-refractivity contribution in [1.82, 2.24) is 5.32 Å². The van der Waals surface area contributed by atoms with Crippen LogP contribution < -0.4 is 10.1 Å². The Hall–Kier alpha value is -1.06. The van der Waals surface area contributed by atoms with E-state index in [9.17, 15) is 5.11 Å². The molecule has 0 amide bonds. The minimum atomic E-state index is -0.560. The van der Waals surface area contributed by atoms with E-state index in [2.05, 4.69) is 19.2 Å².